The number of para-hydroxylation sites is 1. The van der Waals surface area contributed by atoms with Crippen molar-refractivity contribution in [3.8, 4) is 0 Å². The summed E-state index contributed by atoms with van der Waals surface area (Å²) in [5, 5.41) is 2.79. The van der Waals surface area contributed by atoms with E-state index in [0.717, 1.165) is 23.2 Å². The lowest BCUT2D eigenvalue weighted by atomic mass is 10.0. The predicted molar refractivity (Wildman–Crippen MR) is 92.7 cm³/mol. The van der Waals surface area contributed by atoms with Gasteiger partial charge in [0, 0.05) is 18.2 Å². The number of nitrogens with zero attached hydrogens (tertiary/aromatic N) is 1. The maximum absolute atomic E-state index is 13.2. The van der Waals surface area contributed by atoms with Crippen LogP contribution in [0.1, 0.15) is 24.5 Å². The van der Waals surface area contributed by atoms with Crippen LogP contribution in [0.2, 0.25) is 0 Å². The lowest BCUT2D eigenvalue weighted by molar-refractivity contribution is -0.116. The molecule has 0 fully saturated rings. The summed E-state index contributed by atoms with van der Waals surface area (Å²) in [6.07, 6.45) is 1.67. The van der Waals surface area contributed by atoms with Gasteiger partial charge in [0.2, 0.25) is 5.91 Å². The van der Waals surface area contributed by atoms with Crippen LogP contribution in [-0.4, -0.2) is 20.4 Å². The molecule has 2 aromatic carbocycles. The number of amides is 1. The van der Waals surface area contributed by atoms with Crippen LogP contribution >= 0.6 is 0 Å². The third kappa shape index (κ3) is 2.29. The molecule has 124 valence electrons. The fourth-order valence-electron chi connectivity index (χ4n) is 3.54. The molecule has 24 heavy (non-hydrogen) atoms. The zero-order chi connectivity index (χ0) is 16.9. The van der Waals surface area contributed by atoms with Crippen LogP contribution in [-0.2, 0) is 27.7 Å². The molecule has 0 spiro atoms. The van der Waals surface area contributed by atoms with Crippen molar-refractivity contribution >= 4 is 27.3 Å². The summed E-state index contributed by atoms with van der Waals surface area (Å²) in [7, 11) is -3.63. The number of carbonyl (C=O) groups is 1. The normalized spacial score (nSPS) is 19.6. The van der Waals surface area contributed by atoms with Gasteiger partial charge in [-0.15, -0.1) is 0 Å². The summed E-state index contributed by atoms with van der Waals surface area (Å²) < 4.78 is 27.9. The molecule has 1 N–H and O–H groups in total. The Balaban J connectivity index is 1.78. The van der Waals surface area contributed by atoms with Gasteiger partial charge >= 0.3 is 0 Å². The van der Waals surface area contributed by atoms with Crippen molar-refractivity contribution < 1.29 is 13.2 Å². The number of rotatable bonds is 2. The predicted octanol–water partition coefficient (Wildman–Crippen LogP) is 2.71. The second kappa shape index (κ2) is 5.34. The molecule has 4 rings (SSSR count). The molecule has 2 aliphatic rings. The first-order chi connectivity index (χ1) is 11.5. The van der Waals surface area contributed by atoms with Gasteiger partial charge < -0.3 is 5.32 Å². The van der Waals surface area contributed by atoms with Crippen molar-refractivity contribution in [1.29, 1.82) is 0 Å². The largest absolute Gasteiger partial charge is 0.326 e. The average Bonchev–Trinajstić information content (AvgIpc) is 2.90. The van der Waals surface area contributed by atoms with E-state index in [-0.39, 0.29) is 16.8 Å². The SMILES string of the molecule is C[C@H]1Cc2ccccc2N1S(=O)(=O)c1ccc2c(c1)CCC(=O)N2. The van der Waals surface area contributed by atoms with E-state index >= 15 is 0 Å². The molecule has 0 aliphatic carbocycles. The number of aryl methyl sites for hydroxylation is 1. The molecule has 0 saturated heterocycles. The molecular formula is C18H18N2O3S. The zero-order valence-electron chi connectivity index (χ0n) is 13.3. The Kier molecular flexibility index (Phi) is 3.38. The van der Waals surface area contributed by atoms with Crippen LogP contribution in [0.15, 0.2) is 47.4 Å². The summed E-state index contributed by atoms with van der Waals surface area (Å²) >= 11 is 0. The van der Waals surface area contributed by atoms with Crippen LogP contribution in [0, 0.1) is 0 Å². The third-order valence-corrected chi connectivity index (χ3v) is 6.60. The van der Waals surface area contributed by atoms with Gasteiger partial charge in [-0.25, -0.2) is 8.42 Å². The monoisotopic (exact) mass is 342 g/mol. The first-order valence-electron chi connectivity index (χ1n) is 8.02. The van der Waals surface area contributed by atoms with E-state index in [1.165, 1.54) is 4.31 Å². The molecule has 2 heterocycles. The number of carbonyl (C=O) groups excluding carboxylic acids is 1. The second-order valence-corrected chi connectivity index (χ2v) is 8.16. The molecular weight excluding hydrogens is 324 g/mol. The molecule has 0 radical (unpaired) electrons. The average molecular weight is 342 g/mol. The highest BCUT2D eigenvalue weighted by molar-refractivity contribution is 7.92. The minimum absolute atomic E-state index is 0.0276. The Morgan fingerprint density at radius 1 is 1.08 bits per heavy atom. The van der Waals surface area contributed by atoms with Gasteiger partial charge in [0.05, 0.1) is 10.6 Å². The van der Waals surface area contributed by atoms with Crippen molar-refractivity contribution in [2.45, 2.75) is 37.1 Å². The highest BCUT2D eigenvalue weighted by atomic mass is 32.2. The highest BCUT2D eigenvalue weighted by Crippen LogP contribution is 2.37. The first kappa shape index (κ1) is 15.2. The summed E-state index contributed by atoms with van der Waals surface area (Å²) in [4.78, 5) is 11.7. The molecule has 6 heteroatoms. The fourth-order valence-corrected chi connectivity index (χ4v) is 5.28. The van der Waals surface area contributed by atoms with Gasteiger partial charge in [0.1, 0.15) is 0 Å². The number of fused-ring (bicyclic) bond motifs is 2. The second-order valence-electron chi connectivity index (χ2n) is 6.35. The summed E-state index contributed by atoms with van der Waals surface area (Å²) in [5.74, 6) is -0.0276. The van der Waals surface area contributed by atoms with Crippen molar-refractivity contribution in [1.82, 2.24) is 0 Å². The molecule has 0 bridgehead atoms. The summed E-state index contributed by atoms with van der Waals surface area (Å²) in [6, 6.07) is 12.5. The van der Waals surface area contributed by atoms with Gasteiger partial charge in [-0.3, -0.25) is 9.10 Å². The smallest absolute Gasteiger partial charge is 0.264 e. The topological polar surface area (TPSA) is 66.5 Å². The Morgan fingerprint density at radius 3 is 2.71 bits per heavy atom. The molecule has 0 saturated carbocycles. The number of hydrogen-bond donors (Lipinski definition) is 1. The van der Waals surface area contributed by atoms with Gasteiger partial charge in [-0.2, -0.15) is 0 Å². The van der Waals surface area contributed by atoms with Gasteiger partial charge in [-0.1, -0.05) is 18.2 Å². The number of anilines is 2. The Bertz CT molecular complexity index is 937. The fraction of sp³-hybridized carbons (Fsp3) is 0.278. The van der Waals surface area contributed by atoms with E-state index in [1.807, 2.05) is 31.2 Å². The quantitative estimate of drug-likeness (QED) is 0.912. The van der Waals surface area contributed by atoms with Crippen LogP contribution in [0.3, 0.4) is 0 Å². The van der Waals surface area contributed by atoms with Crippen LogP contribution < -0.4 is 9.62 Å². The van der Waals surface area contributed by atoms with Crippen LogP contribution in [0.4, 0.5) is 11.4 Å². The van der Waals surface area contributed by atoms with Crippen molar-refractivity contribution in [2.24, 2.45) is 0 Å². The van der Waals surface area contributed by atoms with E-state index in [0.29, 0.717) is 18.5 Å². The van der Waals surface area contributed by atoms with Crippen molar-refractivity contribution in [3.05, 3.63) is 53.6 Å². The standard InChI is InChI=1S/C18H18N2O3S/c1-12-10-14-4-2-3-5-17(14)20(12)24(22,23)15-7-8-16-13(11-15)6-9-18(21)19-16/h2-5,7-8,11-12H,6,9-10H2,1H3,(H,19,21)/t12-/m0/s1. The molecule has 5 nitrogen and oxygen atoms in total. The number of sulfonamides is 1. The van der Waals surface area contributed by atoms with E-state index in [1.54, 1.807) is 18.2 Å². The van der Waals surface area contributed by atoms with Gasteiger partial charge in [0.25, 0.3) is 10.0 Å². The van der Waals surface area contributed by atoms with Crippen molar-refractivity contribution in [2.75, 3.05) is 9.62 Å². The molecule has 0 unspecified atom stereocenters. The highest BCUT2D eigenvalue weighted by Gasteiger charge is 2.36. The molecule has 2 aliphatic heterocycles. The van der Waals surface area contributed by atoms with Crippen LogP contribution in [0.25, 0.3) is 0 Å². The Morgan fingerprint density at radius 2 is 1.88 bits per heavy atom. The molecule has 1 atom stereocenters. The lowest BCUT2D eigenvalue weighted by Crippen LogP contribution is -2.35. The summed E-state index contributed by atoms with van der Waals surface area (Å²) in [6.45, 7) is 1.93. The third-order valence-electron chi connectivity index (χ3n) is 4.67. The van der Waals surface area contributed by atoms with Crippen molar-refractivity contribution in [3.63, 3.8) is 0 Å². The van der Waals surface area contributed by atoms with E-state index < -0.39 is 10.0 Å². The van der Waals surface area contributed by atoms with E-state index in [2.05, 4.69) is 5.32 Å². The molecule has 1 amide bonds. The van der Waals surface area contributed by atoms with Crippen LogP contribution in [0.5, 0.6) is 0 Å². The Hall–Kier alpha value is -2.34. The van der Waals surface area contributed by atoms with Gasteiger partial charge in [0.15, 0.2) is 0 Å². The van der Waals surface area contributed by atoms with Gasteiger partial charge in [-0.05, 0) is 55.2 Å². The lowest BCUT2D eigenvalue weighted by Gasteiger charge is -2.25. The number of benzene rings is 2. The number of nitrogens with one attached hydrogen (secondary N) is 1. The van der Waals surface area contributed by atoms with E-state index in [9.17, 15) is 13.2 Å². The molecule has 0 aromatic heterocycles. The Labute approximate surface area is 141 Å². The maximum Gasteiger partial charge on any atom is 0.264 e. The minimum atomic E-state index is -3.63. The minimum Gasteiger partial charge on any atom is -0.326 e. The van der Waals surface area contributed by atoms with E-state index in [4.69, 9.17) is 0 Å². The first-order valence-corrected chi connectivity index (χ1v) is 9.46. The summed E-state index contributed by atoms with van der Waals surface area (Å²) in [5.41, 5.74) is 3.39. The molecule has 2 aromatic rings. The number of hydrogen-bond acceptors (Lipinski definition) is 3. The zero-order valence-corrected chi connectivity index (χ0v) is 14.1. The maximum atomic E-state index is 13.2.